The molecule has 0 saturated heterocycles. The van der Waals surface area contributed by atoms with E-state index in [-0.39, 0.29) is 0 Å². The van der Waals surface area contributed by atoms with E-state index in [0.29, 0.717) is 17.5 Å². The molecular formula is C57H32N4O2. The molecule has 4 aromatic heterocycles. The van der Waals surface area contributed by atoms with E-state index < -0.39 is 0 Å². The van der Waals surface area contributed by atoms with Crippen LogP contribution in [0.25, 0.3) is 138 Å². The summed E-state index contributed by atoms with van der Waals surface area (Å²) < 4.78 is 15.6. The molecular weight excluding hydrogens is 773 g/mol. The molecule has 0 atom stereocenters. The average Bonchev–Trinajstić information content (AvgIpc) is 4.02. The Kier molecular flexibility index (Phi) is 7.02. The molecule has 63 heavy (non-hydrogen) atoms. The lowest BCUT2D eigenvalue weighted by molar-refractivity contribution is 0.666. The van der Waals surface area contributed by atoms with Gasteiger partial charge in [-0.15, -0.1) is 0 Å². The third-order valence-corrected chi connectivity index (χ3v) is 12.8. The van der Waals surface area contributed by atoms with Gasteiger partial charge in [-0.1, -0.05) is 133 Å². The van der Waals surface area contributed by atoms with E-state index >= 15 is 0 Å². The standard InChI is InChI=1S/C57H32N4O2/c1-2-15-36-32-48-45(30-35(36)14-1)52-39-18-6-4-13-34(39)24-27-46(52)61(48)47-28-26-43(53-42-20-8-10-23-50(42)63-54(47)53)57-59-55(37-25-29-51-44(31-37)40-19-7-9-22-49(40)62-51)58-56(60-57)41-21-11-16-33-12-3-5-17-38(33)41/h1-32H. The number of nitrogens with zero attached hydrogens (tertiary/aromatic N) is 4. The summed E-state index contributed by atoms with van der Waals surface area (Å²) in [5, 5.41) is 13.4. The predicted octanol–water partition coefficient (Wildman–Crippen LogP) is 15.2. The van der Waals surface area contributed by atoms with Crippen LogP contribution in [0.4, 0.5) is 0 Å². The van der Waals surface area contributed by atoms with Gasteiger partial charge in [-0.05, 0) is 93.0 Å². The van der Waals surface area contributed by atoms with Gasteiger partial charge in [0.2, 0.25) is 0 Å². The highest BCUT2D eigenvalue weighted by Gasteiger charge is 2.24. The van der Waals surface area contributed by atoms with E-state index in [1.807, 2.05) is 42.5 Å². The molecule has 0 radical (unpaired) electrons. The molecule has 0 bridgehead atoms. The number of para-hydroxylation sites is 2. The summed E-state index contributed by atoms with van der Waals surface area (Å²) in [5.74, 6) is 1.72. The van der Waals surface area contributed by atoms with Gasteiger partial charge in [-0.25, -0.2) is 15.0 Å². The van der Waals surface area contributed by atoms with Crippen molar-refractivity contribution in [1.82, 2.24) is 19.5 Å². The van der Waals surface area contributed by atoms with Gasteiger partial charge in [0.1, 0.15) is 16.7 Å². The average molecular weight is 805 g/mol. The molecule has 0 aliphatic heterocycles. The fourth-order valence-electron chi connectivity index (χ4n) is 9.94. The summed E-state index contributed by atoms with van der Waals surface area (Å²) in [6, 6.07) is 68.0. The zero-order valence-corrected chi connectivity index (χ0v) is 33.6. The summed E-state index contributed by atoms with van der Waals surface area (Å²) >= 11 is 0. The zero-order valence-electron chi connectivity index (χ0n) is 33.6. The minimum atomic E-state index is 0.558. The number of furan rings is 2. The van der Waals surface area contributed by atoms with Gasteiger partial charge in [-0.3, -0.25) is 0 Å². The minimum absolute atomic E-state index is 0.558. The fourth-order valence-corrected chi connectivity index (χ4v) is 9.94. The topological polar surface area (TPSA) is 69.9 Å². The first-order valence-electron chi connectivity index (χ1n) is 21.2. The molecule has 0 aliphatic carbocycles. The largest absolute Gasteiger partial charge is 0.456 e. The lowest BCUT2D eigenvalue weighted by Crippen LogP contribution is -2.01. The van der Waals surface area contributed by atoms with E-state index in [1.54, 1.807) is 0 Å². The minimum Gasteiger partial charge on any atom is -0.456 e. The molecule has 14 aromatic rings. The molecule has 0 amide bonds. The lowest BCUT2D eigenvalue weighted by Gasteiger charge is -2.13. The van der Waals surface area contributed by atoms with Gasteiger partial charge in [-0.2, -0.15) is 0 Å². The second kappa shape index (κ2) is 12.9. The first-order chi connectivity index (χ1) is 31.2. The molecule has 0 N–H and O–H groups in total. The van der Waals surface area contributed by atoms with Crippen LogP contribution in [0.5, 0.6) is 0 Å². The Hall–Kier alpha value is -8.61. The summed E-state index contributed by atoms with van der Waals surface area (Å²) in [6.45, 7) is 0. The van der Waals surface area contributed by atoms with Crippen LogP contribution in [-0.2, 0) is 0 Å². The smallest absolute Gasteiger partial charge is 0.164 e. The van der Waals surface area contributed by atoms with Crippen molar-refractivity contribution in [1.29, 1.82) is 0 Å². The van der Waals surface area contributed by atoms with Crippen LogP contribution in [0.1, 0.15) is 0 Å². The van der Waals surface area contributed by atoms with Crippen LogP contribution >= 0.6 is 0 Å². The van der Waals surface area contributed by atoms with E-state index in [0.717, 1.165) is 88.1 Å². The summed E-state index contributed by atoms with van der Waals surface area (Å²) in [6.07, 6.45) is 0. The molecule has 10 aromatic carbocycles. The van der Waals surface area contributed by atoms with Crippen molar-refractivity contribution in [3.63, 3.8) is 0 Å². The van der Waals surface area contributed by atoms with Crippen LogP contribution in [0.15, 0.2) is 203 Å². The maximum atomic E-state index is 7.01. The van der Waals surface area contributed by atoms with Crippen LogP contribution in [-0.4, -0.2) is 19.5 Å². The summed E-state index contributed by atoms with van der Waals surface area (Å²) in [4.78, 5) is 16.0. The molecule has 6 heteroatoms. The number of hydrogen-bond donors (Lipinski definition) is 0. The molecule has 0 saturated carbocycles. The Balaban J connectivity index is 1.07. The number of hydrogen-bond acceptors (Lipinski definition) is 5. The van der Waals surface area contributed by atoms with Gasteiger partial charge in [0, 0.05) is 49.0 Å². The van der Waals surface area contributed by atoms with Crippen molar-refractivity contribution >= 4 is 98.0 Å². The number of fused-ring (bicyclic) bond motifs is 13. The number of benzene rings is 10. The summed E-state index contributed by atoms with van der Waals surface area (Å²) in [5.41, 5.74) is 9.03. The number of aromatic nitrogens is 4. The van der Waals surface area contributed by atoms with Crippen LogP contribution < -0.4 is 0 Å². The van der Waals surface area contributed by atoms with E-state index in [2.05, 4.69) is 156 Å². The fraction of sp³-hybridized carbons (Fsp3) is 0. The third kappa shape index (κ3) is 5.03. The van der Waals surface area contributed by atoms with Crippen molar-refractivity contribution in [2.24, 2.45) is 0 Å². The first-order valence-corrected chi connectivity index (χ1v) is 21.2. The molecule has 14 rings (SSSR count). The SMILES string of the molecule is c1ccc2cc3c(cc2c1)c1c2ccccc2ccc1n3-c1ccc(-c2nc(-c3ccc4oc5ccccc5c4c3)nc(-c3cccc4ccccc34)n2)c2c1oc1ccccc12. The Labute approximate surface area is 358 Å². The molecule has 0 fully saturated rings. The highest BCUT2D eigenvalue weighted by atomic mass is 16.3. The van der Waals surface area contributed by atoms with E-state index in [4.69, 9.17) is 23.8 Å². The third-order valence-electron chi connectivity index (χ3n) is 12.8. The van der Waals surface area contributed by atoms with Crippen LogP contribution in [0.3, 0.4) is 0 Å². The normalized spacial score (nSPS) is 12.1. The molecule has 4 heterocycles. The quantitative estimate of drug-likeness (QED) is 0.177. The number of rotatable bonds is 4. The van der Waals surface area contributed by atoms with Crippen molar-refractivity contribution in [2.45, 2.75) is 0 Å². The Bertz CT molecular complexity index is 4230. The first kappa shape index (κ1) is 34.1. The van der Waals surface area contributed by atoms with Gasteiger partial charge in [0.05, 0.1) is 16.7 Å². The zero-order chi connectivity index (χ0) is 41.2. The summed E-state index contributed by atoms with van der Waals surface area (Å²) in [7, 11) is 0. The highest BCUT2D eigenvalue weighted by molar-refractivity contribution is 6.24. The van der Waals surface area contributed by atoms with E-state index in [9.17, 15) is 0 Å². The van der Waals surface area contributed by atoms with Crippen LogP contribution in [0.2, 0.25) is 0 Å². The van der Waals surface area contributed by atoms with Gasteiger partial charge >= 0.3 is 0 Å². The van der Waals surface area contributed by atoms with Gasteiger partial charge < -0.3 is 13.4 Å². The molecule has 292 valence electrons. The molecule has 0 aliphatic rings. The van der Waals surface area contributed by atoms with Crippen molar-refractivity contribution in [3.05, 3.63) is 194 Å². The van der Waals surface area contributed by atoms with Crippen LogP contribution in [0, 0.1) is 0 Å². The van der Waals surface area contributed by atoms with E-state index in [1.165, 1.54) is 32.3 Å². The Morgan fingerprint density at radius 3 is 1.78 bits per heavy atom. The Morgan fingerprint density at radius 2 is 0.952 bits per heavy atom. The maximum Gasteiger partial charge on any atom is 0.164 e. The van der Waals surface area contributed by atoms with Gasteiger partial charge in [0.25, 0.3) is 0 Å². The molecule has 0 unspecified atom stereocenters. The highest BCUT2D eigenvalue weighted by Crippen LogP contribution is 2.45. The lowest BCUT2D eigenvalue weighted by atomic mass is 10.0. The monoisotopic (exact) mass is 804 g/mol. The predicted molar refractivity (Wildman–Crippen MR) is 258 cm³/mol. The second-order valence-corrected chi connectivity index (χ2v) is 16.3. The maximum absolute atomic E-state index is 7.01. The van der Waals surface area contributed by atoms with Gasteiger partial charge in [0.15, 0.2) is 23.1 Å². The van der Waals surface area contributed by atoms with Crippen molar-refractivity contribution in [3.8, 4) is 39.9 Å². The molecule has 0 spiro atoms. The second-order valence-electron chi connectivity index (χ2n) is 16.3. The molecule has 6 nitrogen and oxygen atoms in total. The van der Waals surface area contributed by atoms with Crippen molar-refractivity contribution in [2.75, 3.05) is 0 Å². The Morgan fingerprint density at radius 1 is 0.333 bits per heavy atom. The van der Waals surface area contributed by atoms with Crippen molar-refractivity contribution < 1.29 is 8.83 Å².